The Morgan fingerprint density at radius 2 is 1.27 bits per heavy atom. The molecule has 4 rings (SSSR count). The highest BCUT2D eigenvalue weighted by atomic mass is 35.5. The molecular formula is C14H16Cl2N6O2S2. The molecular weight excluding hydrogens is 419 g/mol. The molecule has 12 heteroatoms. The van der Waals surface area contributed by atoms with E-state index in [0.717, 1.165) is 0 Å². The zero-order valence-electron chi connectivity index (χ0n) is 13.7. The Balaban J connectivity index is 1.74. The van der Waals surface area contributed by atoms with E-state index in [1.54, 1.807) is 0 Å². The van der Waals surface area contributed by atoms with Crippen molar-refractivity contribution in [2.75, 3.05) is 59.0 Å². The summed E-state index contributed by atoms with van der Waals surface area (Å²) in [5.41, 5.74) is 0.856. The van der Waals surface area contributed by atoms with E-state index < -0.39 is 21.6 Å². The number of hydrogen-bond acceptors (Lipinski definition) is 8. The molecule has 140 valence electrons. The van der Waals surface area contributed by atoms with E-state index in [1.165, 1.54) is 0 Å². The summed E-state index contributed by atoms with van der Waals surface area (Å²) in [4.78, 5) is 21.5. The third kappa shape index (κ3) is 3.64. The van der Waals surface area contributed by atoms with Crippen LogP contribution in [0.15, 0.2) is 0 Å². The van der Waals surface area contributed by atoms with Crippen molar-refractivity contribution < 1.29 is 8.42 Å². The molecule has 0 saturated carbocycles. The molecule has 0 aromatic carbocycles. The lowest BCUT2D eigenvalue weighted by Gasteiger charge is -2.29. The minimum atomic E-state index is -0.800. The van der Waals surface area contributed by atoms with Gasteiger partial charge in [0.25, 0.3) is 0 Å². The highest BCUT2D eigenvalue weighted by molar-refractivity contribution is 7.85. The van der Waals surface area contributed by atoms with Crippen molar-refractivity contribution in [3.05, 3.63) is 10.4 Å². The summed E-state index contributed by atoms with van der Waals surface area (Å²) in [6.45, 7) is 2.42. The van der Waals surface area contributed by atoms with Gasteiger partial charge >= 0.3 is 0 Å². The zero-order chi connectivity index (χ0) is 18.3. The van der Waals surface area contributed by atoms with Gasteiger partial charge in [-0.05, 0) is 11.6 Å². The van der Waals surface area contributed by atoms with Gasteiger partial charge in [-0.25, -0.2) is 9.97 Å². The van der Waals surface area contributed by atoms with E-state index in [-0.39, 0.29) is 10.4 Å². The standard InChI is InChI=1S/C14H16Cl2N6O2S2/c15-10-13(22-3-7-26(24)8-4-22)18-11-9(17-10)12(20-14(16)19-11)21-1-5-25(23)6-2-21/h1-8H2. The quantitative estimate of drug-likeness (QED) is 0.642. The van der Waals surface area contributed by atoms with Gasteiger partial charge in [-0.1, -0.05) is 11.6 Å². The maximum Gasteiger partial charge on any atom is 0.226 e. The number of anilines is 2. The Kier molecular flexibility index (Phi) is 5.27. The van der Waals surface area contributed by atoms with Crippen LogP contribution in [0.5, 0.6) is 0 Å². The first kappa shape index (κ1) is 18.3. The molecule has 0 aliphatic carbocycles. The average molecular weight is 435 g/mol. The topological polar surface area (TPSA) is 92.2 Å². The van der Waals surface area contributed by atoms with Gasteiger partial charge in [0.2, 0.25) is 5.28 Å². The molecule has 2 saturated heterocycles. The van der Waals surface area contributed by atoms with Gasteiger partial charge in [-0.2, -0.15) is 9.97 Å². The minimum Gasteiger partial charge on any atom is -0.353 e. The van der Waals surface area contributed by atoms with Crippen molar-refractivity contribution in [1.82, 2.24) is 19.9 Å². The van der Waals surface area contributed by atoms with Crippen molar-refractivity contribution in [2.45, 2.75) is 0 Å². The van der Waals surface area contributed by atoms with E-state index in [9.17, 15) is 8.42 Å². The third-order valence-corrected chi connectivity index (χ3v) is 7.36. The van der Waals surface area contributed by atoms with Crippen molar-refractivity contribution in [3.63, 3.8) is 0 Å². The average Bonchev–Trinajstić information content (AvgIpc) is 2.62. The Labute approximate surface area is 165 Å². The first-order chi connectivity index (χ1) is 12.5. The molecule has 2 aromatic rings. The maximum absolute atomic E-state index is 11.6. The van der Waals surface area contributed by atoms with Crippen molar-refractivity contribution in [2.24, 2.45) is 0 Å². The third-order valence-electron chi connectivity index (χ3n) is 4.38. The smallest absolute Gasteiger partial charge is 0.226 e. The fourth-order valence-electron chi connectivity index (χ4n) is 3.00. The zero-order valence-corrected chi connectivity index (χ0v) is 16.9. The summed E-state index contributed by atoms with van der Waals surface area (Å²) < 4.78 is 23.2. The molecule has 0 unspecified atom stereocenters. The molecule has 4 heterocycles. The Morgan fingerprint density at radius 3 is 1.85 bits per heavy atom. The van der Waals surface area contributed by atoms with Crippen LogP contribution in [0.2, 0.25) is 10.4 Å². The molecule has 2 aliphatic heterocycles. The fourth-order valence-corrected chi connectivity index (χ4v) is 5.51. The summed E-state index contributed by atoms with van der Waals surface area (Å²) in [6, 6.07) is 0. The first-order valence-corrected chi connectivity index (χ1v) is 11.8. The summed E-state index contributed by atoms with van der Waals surface area (Å²) >= 11 is 12.5. The number of hydrogen-bond donors (Lipinski definition) is 0. The van der Waals surface area contributed by atoms with E-state index in [2.05, 4.69) is 19.9 Å². The molecule has 2 aliphatic rings. The van der Waals surface area contributed by atoms with Crippen LogP contribution in [0.1, 0.15) is 0 Å². The van der Waals surface area contributed by atoms with Crippen LogP contribution in [0.25, 0.3) is 11.2 Å². The van der Waals surface area contributed by atoms with Gasteiger partial charge in [0.1, 0.15) is 0 Å². The Morgan fingerprint density at radius 1 is 0.731 bits per heavy atom. The van der Waals surface area contributed by atoms with Crippen molar-refractivity contribution in [3.8, 4) is 0 Å². The molecule has 2 fully saturated rings. The van der Waals surface area contributed by atoms with Gasteiger partial charge in [0.15, 0.2) is 28.0 Å². The first-order valence-electron chi connectivity index (χ1n) is 8.12. The van der Waals surface area contributed by atoms with Crippen LogP contribution in [-0.2, 0) is 21.6 Å². The number of rotatable bonds is 2. The Bertz CT molecular complexity index is 895. The monoisotopic (exact) mass is 434 g/mol. The van der Waals surface area contributed by atoms with E-state index >= 15 is 0 Å². The van der Waals surface area contributed by atoms with E-state index in [0.29, 0.717) is 72.0 Å². The summed E-state index contributed by atoms with van der Waals surface area (Å²) in [5.74, 6) is 3.40. The van der Waals surface area contributed by atoms with E-state index in [4.69, 9.17) is 23.2 Å². The van der Waals surface area contributed by atoms with Gasteiger partial charge in [-0.3, -0.25) is 8.42 Å². The molecule has 26 heavy (non-hydrogen) atoms. The normalized spacial score (nSPS) is 20.1. The number of fused-ring (bicyclic) bond motifs is 1. The lowest BCUT2D eigenvalue weighted by molar-refractivity contribution is 0.672. The molecule has 2 aromatic heterocycles. The highest BCUT2D eigenvalue weighted by Crippen LogP contribution is 2.30. The van der Waals surface area contributed by atoms with Crippen LogP contribution in [0.4, 0.5) is 11.6 Å². The lowest BCUT2D eigenvalue weighted by atomic mass is 10.4. The second-order valence-electron chi connectivity index (χ2n) is 6.00. The summed E-state index contributed by atoms with van der Waals surface area (Å²) in [6.07, 6.45) is 0. The molecule has 8 nitrogen and oxygen atoms in total. The lowest BCUT2D eigenvalue weighted by Crippen LogP contribution is -2.39. The molecule has 0 bridgehead atoms. The molecule has 0 amide bonds. The molecule has 0 radical (unpaired) electrons. The van der Waals surface area contributed by atoms with Crippen LogP contribution >= 0.6 is 23.2 Å². The van der Waals surface area contributed by atoms with Gasteiger partial charge in [0.05, 0.1) is 0 Å². The minimum absolute atomic E-state index is 0.0847. The van der Waals surface area contributed by atoms with Gasteiger partial charge in [-0.15, -0.1) is 0 Å². The molecule has 0 atom stereocenters. The van der Waals surface area contributed by atoms with Crippen molar-refractivity contribution in [1.29, 1.82) is 0 Å². The summed E-state index contributed by atoms with van der Waals surface area (Å²) in [7, 11) is -1.59. The van der Waals surface area contributed by atoms with Crippen molar-refractivity contribution >= 4 is 67.6 Å². The van der Waals surface area contributed by atoms with Gasteiger partial charge in [0, 0.05) is 70.8 Å². The van der Waals surface area contributed by atoms with Crippen LogP contribution in [-0.4, -0.2) is 77.5 Å². The largest absolute Gasteiger partial charge is 0.353 e. The highest BCUT2D eigenvalue weighted by Gasteiger charge is 2.25. The maximum atomic E-state index is 11.6. The van der Waals surface area contributed by atoms with Crippen LogP contribution in [0, 0.1) is 0 Å². The number of nitrogens with zero attached hydrogens (tertiary/aromatic N) is 6. The second kappa shape index (κ2) is 7.49. The second-order valence-corrected chi connectivity index (χ2v) is 10.1. The predicted molar refractivity (Wildman–Crippen MR) is 105 cm³/mol. The fraction of sp³-hybridized carbons (Fsp3) is 0.571. The van der Waals surface area contributed by atoms with Crippen LogP contribution < -0.4 is 9.80 Å². The summed E-state index contributed by atoms with van der Waals surface area (Å²) in [5, 5.41) is 0.347. The predicted octanol–water partition coefficient (Wildman–Crippen LogP) is 0.864. The number of halogens is 2. The van der Waals surface area contributed by atoms with Crippen LogP contribution in [0.3, 0.4) is 0 Å². The molecule has 0 N–H and O–H groups in total. The Hall–Kier alpha value is -1.10. The number of aromatic nitrogens is 4. The van der Waals surface area contributed by atoms with E-state index in [1.807, 2.05) is 9.80 Å². The molecule has 0 spiro atoms. The van der Waals surface area contributed by atoms with Gasteiger partial charge < -0.3 is 9.80 Å². The SMILES string of the molecule is O=S1CCN(c2nc3nc(Cl)nc(N4CCS(=O)CC4)c3nc2Cl)CC1.